The number of rotatable bonds is 3. The molecule has 0 saturated heterocycles. The maximum Gasteiger partial charge on any atom is 0.418 e. The van der Waals surface area contributed by atoms with Crippen LogP contribution in [0.3, 0.4) is 0 Å². The number of hydrogen-bond acceptors (Lipinski definition) is 4. The van der Waals surface area contributed by atoms with Gasteiger partial charge in [-0.3, -0.25) is 15.6 Å². The Hall–Kier alpha value is -2.61. The highest BCUT2D eigenvalue weighted by molar-refractivity contribution is 6.32. The van der Waals surface area contributed by atoms with Gasteiger partial charge in [-0.05, 0) is 24.3 Å². The largest absolute Gasteiger partial charge is 0.486 e. The molecule has 9 heteroatoms. The molecule has 0 aliphatic carbocycles. The Morgan fingerprint density at radius 1 is 1.12 bits per heavy atom. The number of ether oxygens (including phenoxy) is 2. The number of anilines is 1. The van der Waals surface area contributed by atoms with E-state index >= 15 is 0 Å². The van der Waals surface area contributed by atoms with Crippen LogP contribution in [0.2, 0.25) is 5.02 Å². The molecule has 1 heterocycles. The molecule has 3 rings (SSSR count). The van der Waals surface area contributed by atoms with Gasteiger partial charge in [0.25, 0.3) is 5.91 Å². The molecule has 0 aromatic heterocycles. The third-order valence-electron chi connectivity index (χ3n) is 3.40. The Morgan fingerprint density at radius 2 is 1.84 bits per heavy atom. The third kappa shape index (κ3) is 3.74. The minimum atomic E-state index is -4.55. The molecule has 1 aliphatic heterocycles. The monoisotopic (exact) mass is 372 g/mol. The van der Waals surface area contributed by atoms with E-state index in [1.54, 1.807) is 0 Å². The fraction of sp³-hybridized carbons (Fsp3) is 0.188. The molecule has 2 aromatic rings. The molecule has 25 heavy (non-hydrogen) atoms. The van der Waals surface area contributed by atoms with Crippen molar-refractivity contribution in [2.24, 2.45) is 0 Å². The zero-order valence-corrected chi connectivity index (χ0v) is 13.4. The third-order valence-corrected chi connectivity index (χ3v) is 3.68. The van der Waals surface area contributed by atoms with Gasteiger partial charge in [0.05, 0.1) is 16.3 Å². The van der Waals surface area contributed by atoms with E-state index < -0.39 is 17.6 Å². The number of halogens is 4. The average molecular weight is 373 g/mol. The van der Waals surface area contributed by atoms with Crippen molar-refractivity contribution in [3.05, 3.63) is 52.5 Å². The average Bonchev–Trinajstić information content (AvgIpc) is 2.59. The molecule has 2 N–H and O–H groups in total. The van der Waals surface area contributed by atoms with E-state index in [4.69, 9.17) is 21.1 Å². The van der Waals surface area contributed by atoms with Gasteiger partial charge >= 0.3 is 6.18 Å². The second-order valence-electron chi connectivity index (χ2n) is 5.10. The molecular formula is C16H12ClF3N2O3. The summed E-state index contributed by atoms with van der Waals surface area (Å²) in [4.78, 5) is 12.2. The number of carbonyl (C=O) groups is 1. The van der Waals surface area contributed by atoms with E-state index in [1.165, 1.54) is 30.3 Å². The molecule has 1 aliphatic rings. The van der Waals surface area contributed by atoms with Gasteiger partial charge in [-0.15, -0.1) is 0 Å². The van der Waals surface area contributed by atoms with Crippen molar-refractivity contribution >= 4 is 23.2 Å². The summed E-state index contributed by atoms with van der Waals surface area (Å²) in [6.45, 7) is 0.652. The van der Waals surface area contributed by atoms with E-state index in [9.17, 15) is 18.0 Å². The summed E-state index contributed by atoms with van der Waals surface area (Å²) in [6, 6.07) is 7.56. The lowest BCUT2D eigenvalue weighted by molar-refractivity contribution is -0.137. The van der Waals surface area contributed by atoms with Crippen molar-refractivity contribution in [1.82, 2.24) is 5.43 Å². The molecule has 0 bridgehead atoms. The van der Waals surface area contributed by atoms with Crippen molar-refractivity contribution in [2.75, 3.05) is 18.6 Å². The second kappa shape index (κ2) is 6.72. The molecule has 0 saturated carbocycles. The van der Waals surface area contributed by atoms with Gasteiger partial charge in [-0.25, -0.2) is 0 Å². The van der Waals surface area contributed by atoms with Crippen molar-refractivity contribution < 1.29 is 27.4 Å². The molecule has 5 nitrogen and oxygen atoms in total. The number of fused-ring (bicyclic) bond motifs is 1. The van der Waals surface area contributed by atoms with Crippen molar-refractivity contribution in [3.63, 3.8) is 0 Å². The smallest absolute Gasteiger partial charge is 0.418 e. The van der Waals surface area contributed by atoms with Gasteiger partial charge in [-0.2, -0.15) is 13.2 Å². The number of alkyl halides is 3. The topological polar surface area (TPSA) is 59.6 Å². The number of hydrazine groups is 1. The van der Waals surface area contributed by atoms with Crippen LogP contribution < -0.4 is 20.3 Å². The molecule has 0 radical (unpaired) electrons. The Morgan fingerprint density at radius 3 is 2.60 bits per heavy atom. The van der Waals surface area contributed by atoms with E-state index in [-0.39, 0.29) is 16.3 Å². The van der Waals surface area contributed by atoms with E-state index in [0.29, 0.717) is 24.7 Å². The molecule has 0 fully saturated rings. The first-order valence-corrected chi connectivity index (χ1v) is 7.56. The second-order valence-corrected chi connectivity index (χ2v) is 5.51. The minimum absolute atomic E-state index is 0.117. The van der Waals surface area contributed by atoms with Crippen molar-refractivity contribution in [2.45, 2.75) is 6.18 Å². The molecule has 1 amide bonds. The Labute approximate surface area is 145 Å². The number of nitrogens with one attached hydrogen (secondary N) is 2. The number of carbonyl (C=O) groups excluding carboxylic acids is 1. The lowest BCUT2D eigenvalue weighted by Crippen LogP contribution is -2.30. The van der Waals surface area contributed by atoms with Gasteiger partial charge in [0.2, 0.25) is 0 Å². The van der Waals surface area contributed by atoms with Gasteiger partial charge in [0.1, 0.15) is 13.2 Å². The highest BCUT2D eigenvalue weighted by Crippen LogP contribution is 2.38. The van der Waals surface area contributed by atoms with E-state index in [1.807, 2.05) is 0 Å². The van der Waals surface area contributed by atoms with E-state index in [0.717, 1.165) is 6.07 Å². The number of benzene rings is 2. The predicted molar refractivity (Wildman–Crippen MR) is 85.0 cm³/mol. The maximum absolute atomic E-state index is 12.9. The summed E-state index contributed by atoms with van der Waals surface area (Å²) in [7, 11) is 0. The molecule has 132 valence electrons. The highest BCUT2D eigenvalue weighted by atomic mass is 35.5. The number of para-hydroxylation sites is 1. The summed E-state index contributed by atoms with van der Waals surface area (Å²) in [5.41, 5.74) is 3.45. The quantitative estimate of drug-likeness (QED) is 0.803. The first-order valence-electron chi connectivity index (χ1n) is 7.18. The summed E-state index contributed by atoms with van der Waals surface area (Å²) < 4.78 is 49.5. The molecule has 2 aromatic carbocycles. The Kier molecular flexibility index (Phi) is 4.63. The SMILES string of the molecule is O=C(NNc1ccccc1C(F)(F)F)c1cc(Cl)c2c(c1)OCCO2. The van der Waals surface area contributed by atoms with Gasteiger partial charge in [-0.1, -0.05) is 23.7 Å². The van der Waals surface area contributed by atoms with Crippen LogP contribution in [0.4, 0.5) is 18.9 Å². The van der Waals surface area contributed by atoms with Gasteiger partial charge in [0.15, 0.2) is 11.5 Å². The first kappa shape index (κ1) is 17.2. The van der Waals surface area contributed by atoms with Crippen LogP contribution in [0, 0.1) is 0 Å². The number of hydrogen-bond donors (Lipinski definition) is 2. The fourth-order valence-corrected chi connectivity index (χ4v) is 2.54. The molecule has 0 atom stereocenters. The van der Waals surface area contributed by atoms with E-state index in [2.05, 4.69) is 10.9 Å². The first-order chi connectivity index (χ1) is 11.9. The molecule has 0 unspecified atom stereocenters. The molecular weight excluding hydrogens is 361 g/mol. The zero-order chi connectivity index (χ0) is 18.0. The summed E-state index contributed by atoms with van der Waals surface area (Å²) in [5, 5.41) is 0.179. The predicted octanol–water partition coefficient (Wildman–Crippen LogP) is 3.89. The van der Waals surface area contributed by atoms with Crippen LogP contribution in [-0.2, 0) is 6.18 Å². The lowest BCUT2D eigenvalue weighted by atomic mass is 10.1. The van der Waals surface area contributed by atoms with Crippen LogP contribution in [0.15, 0.2) is 36.4 Å². The zero-order valence-electron chi connectivity index (χ0n) is 12.6. The summed E-state index contributed by atoms with van der Waals surface area (Å²) in [6.07, 6.45) is -4.55. The Balaban J connectivity index is 1.77. The van der Waals surface area contributed by atoms with Crippen LogP contribution >= 0.6 is 11.6 Å². The summed E-state index contributed by atoms with van der Waals surface area (Å²) >= 11 is 6.04. The lowest BCUT2D eigenvalue weighted by Gasteiger charge is -2.20. The van der Waals surface area contributed by atoms with Crippen LogP contribution in [0.5, 0.6) is 11.5 Å². The molecule has 0 spiro atoms. The number of amides is 1. The Bertz CT molecular complexity index is 812. The van der Waals surface area contributed by atoms with Gasteiger partial charge < -0.3 is 9.47 Å². The standard InChI is InChI=1S/C16H12ClF3N2O3/c17-11-7-9(8-13-14(11)25-6-5-24-13)15(23)22-21-12-4-2-1-3-10(12)16(18,19)20/h1-4,7-8,21H,5-6H2,(H,22,23). The van der Waals surface area contributed by atoms with Crippen molar-refractivity contribution in [1.29, 1.82) is 0 Å². The normalized spacial score (nSPS) is 13.3. The fourth-order valence-electron chi connectivity index (χ4n) is 2.28. The van der Waals surface area contributed by atoms with Crippen molar-refractivity contribution in [3.8, 4) is 11.5 Å². The van der Waals surface area contributed by atoms with Crippen LogP contribution in [-0.4, -0.2) is 19.1 Å². The minimum Gasteiger partial charge on any atom is -0.486 e. The highest BCUT2D eigenvalue weighted by Gasteiger charge is 2.33. The van der Waals surface area contributed by atoms with Crippen LogP contribution in [0.1, 0.15) is 15.9 Å². The van der Waals surface area contributed by atoms with Crippen LogP contribution in [0.25, 0.3) is 0 Å². The van der Waals surface area contributed by atoms with Gasteiger partial charge in [0, 0.05) is 5.56 Å². The summed E-state index contributed by atoms with van der Waals surface area (Å²) in [5.74, 6) is -0.0321. The maximum atomic E-state index is 12.9.